The van der Waals surface area contributed by atoms with E-state index in [0.29, 0.717) is 5.76 Å². The quantitative estimate of drug-likeness (QED) is 0.517. The van der Waals surface area contributed by atoms with Crippen LogP contribution in [-0.2, 0) is 0 Å². The predicted molar refractivity (Wildman–Crippen MR) is 57.3 cm³/mol. The van der Waals surface area contributed by atoms with Crippen LogP contribution < -0.4 is 5.73 Å². The van der Waals surface area contributed by atoms with Crippen LogP contribution in [0.25, 0.3) is 0 Å². The number of aliphatic hydroxyl groups is 1. The van der Waals surface area contributed by atoms with E-state index < -0.39 is 0 Å². The first-order chi connectivity index (χ1) is 6.07. The van der Waals surface area contributed by atoms with E-state index in [2.05, 4.69) is 0 Å². The largest absolute Gasteiger partial charge is 0.513 e. The second-order valence-electron chi connectivity index (χ2n) is 3.09. The van der Waals surface area contributed by atoms with Crippen LogP contribution in [0.3, 0.4) is 0 Å². The Morgan fingerprint density at radius 1 is 1.38 bits per heavy atom. The van der Waals surface area contributed by atoms with Crippen LogP contribution in [0.5, 0.6) is 0 Å². The molecule has 0 unspecified atom stereocenters. The van der Waals surface area contributed by atoms with Crippen molar-refractivity contribution in [2.24, 2.45) is 5.73 Å². The van der Waals surface area contributed by atoms with Crippen molar-refractivity contribution in [1.29, 1.82) is 0 Å². The molecule has 0 aliphatic carbocycles. The minimum atomic E-state index is 0.431. The van der Waals surface area contributed by atoms with E-state index in [1.165, 1.54) is 0 Å². The summed E-state index contributed by atoms with van der Waals surface area (Å²) in [7, 11) is 0. The average Bonchev–Trinajstić information content (AvgIpc) is 2.03. The second kappa shape index (κ2) is 6.35. The molecular formula is C11H19NO. The van der Waals surface area contributed by atoms with E-state index in [-0.39, 0.29) is 0 Å². The normalized spacial score (nSPS) is 14.8. The summed E-state index contributed by atoms with van der Waals surface area (Å²) in [6.07, 6.45) is 7.43. The number of nitrogens with two attached hydrogens (primary N) is 1. The standard InChI is InChI=1S/C11H19NO/c1-4-11(10(3)13)8-6-5-7-9(2)12/h5-7,13H,4,8,12H2,1-3H3/b6-5?,9-7+,11-10+. The fourth-order valence-corrected chi connectivity index (χ4v) is 0.978. The monoisotopic (exact) mass is 181 g/mol. The van der Waals surface area contributed by atoms with Gasteiger partial charge in [0.25, 0.3) is 0 Å². The van der Waals surface area contributed by atoms with Crippen molar-refractivity contribution in [3.05, 3.63) is 35.3 Å². The second-order valence-corrected chi connectivity index (χ2v) is 3.09. The molecule has 0 rings (SSSR count). The summed E-state index contributed by atoms with van der Waals surface area (Å²) in [5.41, 5.74) is 7.31. The molecule has 3 N–H and O–H groups in total. The number of hydrogen-bond acceptors (Lipinski definition) is 2. The third-order valence-electron chi connectivity index (χ3n) is 1.80. The van der Waals surface area contributed by atoms with Gasteiger partial charge in [0, 0.05) is 5.70 Å². The van der Waals surface area contributed by atoms with Crippen LogP contribution in [0.2, 0.25) is 0 Å². The summed E-state index contributed by atoms with van der Waals surface area (Å²) >= 11 is 0. The highest BCUT2D eigenvalue weighted by molar-refractivity contribution is 5.14. The molecule has 0 fully saturated rings. The van der Waals surface area contributed by atoms with Gasteiger partial charge >= 0.3 is 0 Å². The van der Waals surface area contributed by atoms with Crippen molar-refractivity contribution < 1.29 is 5.11 Å². The van der Waals surface area contributed by atoms with Crippen LogP contribution in [0.1, 0.15) is 33.6 Å². The van der Waals surface area contributed by atoms with E-state index in [0.717, 1.165) is 24.1 Å². The minimum Gasteiger partial charge on any atom is -0.513 e. The lowest BCUT2D eigenvalue weighted by atomic mass is 10.1. The Labute approximate surface area is 80.5 Å². The Balaban J connectivity index is 4.08. The van der Waals surface area contributed by atoms with Crippen LogP contribution in [0.4, 0.5) is 0 Å². The highest BCUT2D eigenvalue weighted by atomic mass is 16.3. The molecule has 0 aliphatic heterocycles. The SMILES string of the molecule is CC/C(CC=C/C=C(\C)N)=C(/C)O. The van der Waals surface area contributed by atoms with Crippen LogP contribution in [0.15, 0.2) is 35.3 Å². The van der Waals surface area contributed by atoms with Crippen molar-refractivity contribution in [3.8, 4) is 0 Å². The molecule has 0 amide bonds. The molecule has 2 nitrogen and oxygen atoms in total. The number of rotatable bonds is 4. The van der Waals surface area contributed by atoms with Gasteiger partial charge in [0.05, 0.1) is 5.76 Å². The lowest BCUT2D eigenvalue weighted by Crippen LogP contribution is -1.88. The summed E-state index contributed by atoms with van der Waals surface area (Å²) in [5, 5.41) is 9.23. The van der Waals surface area contributed by atoms with Crippen LogP contribution in [0, 0.1) is 0 Å². The van der Waals surface area contributed by atoms with Gasteiger partial charge in [0.1, 0.15) is 0 Å². The van der Waals surface area contributed by atoms with Crippen LogP contribution >= 0.6 is 0 Å². The van der Waals surface area contributed by atoms with Gasteiger partial charge in [-0.2, -0.15) is 0 Å². The van der Waals surface area contributed by atoms with Gasteiger partial charge in [-0.15, -0.1) is 0 Å². The van der Waals surface area contributed by atoms with Crippen molar-refractivity contribution in [2.45, 2.75) is 33.6 Å². The zero-order valence-electron chi connectivity index (χ0n) is 8.67. The van der Waals surface area contributed by atoms with Crippen molar-refractivity contribution in [3.63, 3.8) is 0 Å². The Morgan fingerprint density at radius 3 is 2.38 bits per heavy atom. The first kappa shape index (κ1) is 11.8. The van der Waals surface area contributed by atoms with Gasteiger partial charge in [-0.3, -0.25) is 0 Å². The van der Waals surface area contributed by atoms with Crippen molar-refractivity contribution in [1.82, 2.24) is 0 Å². The number of hydrogen-bond donors (Lipinski definition) is 2. The summed E-state index contributed by atoms with van der Waals surface area (Å²) in [6.45, 7) is 5.60. The highest BCUT2D eigenvalue weighted by Gasteiger charge is 1.94. The maximum Gasteiger partial charge on any atom is 0.0886 e. The molecule has 0 bridgehead atoms. The molecule has 0 aromatic rings. The fraction of sp³-hybridized carbons (Fsp3) is 0.455. The van der Waals surface area contributed by atoms with E-state index in [4.69, 9.17) is 5.73 Å². The molecule has 0 saturated heterocycles. The molecule has 0 aromatic heterocycles. The Bertz CT molecular complexity index is 228. The molecule has 0 atom stereocenters. The third kappa shape index (κ3) is 6.02. The molecule has 0 aromatic carbocycles. The van der Waals surface area contributed by atoms with Gasteiger partial charge in [0.15, 0.2) is 0 Å². The number of allylic oxidation sites excluding steroid dienone is 6. The Hall–Kier alpha value is -1.18. The maximum absolute atomic E-state index is 9.23. The summed E-state index contributed by atoms with van der Waals surface area (Å²) in [6, 6.07) is 0. The molecular weight excluding hydrogens is 162 g/mol. The van der Waals surface area contributed by atoms with Crippen molar-refractivity contribution in [2.75, 3.05) is 0 Å². The van der Waals surface area contributed by atoms with Gasteiger partial charge in [0.2, 0.25) is 0 Å². The van der Waals surface area contributed by atoms with Gasteiger partial charge in [-0.05, 0) is 38.3 Å². The fourth-order valence-electron chi connectivity index (χ4n) is 0.978. The molecule has 0 radical (unpaired) electrons. The van der Waals surface area contributed by atoms with Crippen molar-refractivity contribution >= 4 is 0 Å². The molecule has 13 heavy (non-hydrogen) atoms. The summed E-state index contributed by atoms with van der Waals surface area (Å²) < 4.78 is 0. The molecule has 0 saturated carbocycles. The highest BCUT2D eigenvalue weighted by Crippen LogP contribution is 2.11. The summed E-state index contributed by atoms with van der Waals surface area (Å²) in [5.74, 6) is 0.431. The van der Waals surface area contributed by atoms with E-state index in [1.807, 2.05) is 32.1 Å². The smallest absolute Gasteiger partial charge is 0.0886 e. The lowest BCUT2D eigenvalue weighted by Gasteiger charge is -2.00. The predicted octanol–water partition coefficient (Wildman–Crippen LogP) is 3.04. The van der Waals surface area contributed by atoms with Crippen LogP contribution in [-0.4, -0.2) is 5.11 Å². The molecule has 0 aliphatic rings. The van der Waals surface area contributed by atoms with Gasteiger partial charge < -0.3 is 10.8 Å². The first-order valence-corrected chi connectivity index (χ1v) is 4.54. The topological polar surface area (TPSA) is 46.2 Å². The maximum atomic E-state index is 9.23. The van der Waals surface area contributed by atoms with Gasteiger partial charge in [-0.1, -0.05) is 19.1 Å². The van der Waals surface area contributed by atoms with Gasteiger partial charge in [-0.25, -0.2) is 0 Å². The first-order valence-electron chi connectivity index (χ1n) is 4.54. The number of aliphatic hydroxyl groups excluding tert-OH is 1. The minimum absolute atomic E-state index is 0.431. The Kier molecular flexibility index (Phi) is 5.77. The molecule has 0 spiro atoms. The zero-order chi connectivity index (χ0) is 10.3. The zero-order valence-corrected chi connectivity index (χ0v) is 8.67. The Morgan fingerprint density at radius 2 is 2.00 bits per heavy atom. The average molecular weight is 181 g/mol. The molecule has 2 heteroatoms. The van der Waals surface area contributed by atoms with E-state index in [1.54, 1.807) is 6.92 Å². The molecule has 0 heterocycles. The summed E-state index contributed by atoms with van der Waals surface area (Å²) in [4.78, 5) is 0. The lowest BCUT2D eigenvalue weighted by molar-refractivity contribution is 0.403. The van der Waals surface area contributed by atoms with E-state index >= 15 is 0 Å². The van der Waals surface area contributed by atoms with E-state index in [9.17, 15) is 5.11 Å². The molecule has 74 valence electrons. The third-order valence-corrected chi connectivity index (χ3v) is 1.80.